The highest BCUT2D eigenvalue weighted by atomic mass is 35.5. The van der Waals surface area contributed by atoms with Gasteiger partial charge in [-0.1, -0.05) is 39.3 Å². The van der Waals surface area contributed by atoms with Crippen molar-refractivity contribution < 1.29 is 4.74 Å². The number of pyridine rings is 1. The molecule has 102 valence electrons. The molecule has 0 atom stereocenters. The first-order chi connectivity index (χ1) is 8.42. The number of ether oxygens (including phenoxy) is 1. The predicted octanol–water partition coefficient (Wildman–Crippen LogP) is 3.66. The van der Waals surface area contributed by atoms with E-state index in [9.17, 15) is 0 Å². The van der Waals surface area contributed by atoms with E-state index in [4.69, 9.17) is 16.3 Å². The molecule has 1 aromatic heterocycles. The Balaban J connectivity index is 2.52. The van der Waals surface area contributed by atoms with Gasteiger partial charge in [0.1, 0.15) is 5.02 Å². The summed E-state index contributed by atoms with van der Waals surface area (Å²) in [5, 5.41) is 3.82. The van der Waals surface area contributed by atoms with E-state index in [2.05, 4.69) is 38.0 Å². The van der Waals surface area contributed by atoms with Gasteiger partial charge in [-0.25, -0.2) is 4.98 Å². The first-order valence-corrected chi connectivity index (χ1v) is 6.78. The summed E-state index contributed by atoms with van der Waals surface area (Å²) in [4.78, 5) is 4.26. The van der Waals surface area contributed by atoms with Gasteiger partial charge >= 0.3 is 0 Å². The quantitative estimate of drug-likeness (QED) is 0.857. The van der Waals surface area contributed by atoms with Crippen molar-refractivity contribution in [3.63, 3.8) is 0 Å². The summed E-state index contributed by atoms with van der Waals surface area (Å²) in [7, 11) is 0. The number of hydrogen-bond acceptors (Lipinski definition) is 3. The lowest BCUT2D eigenvalue weighted by molar-refractivity contribution is 0.236. The maximum Gasteiger partial charge on any atom is 0.232 e. The Bertz CT molecular complexity index is 375. The summed E-state index contributed by atoms with van der Waals surface area (Å²) in [5.74, 6) is 0.529. The molecule has 1 N–H and O–H groups in total. The van der Waals surface area contributed by atoms with Crippen molar-refractivity contribution in [3.05, 3.63) is 22.8 Å². The Labute approximate surface area is 115 Å². The van der Waals surface area contributed by atoms with Crippen molar-refractivity contribution in [2.24, 2.45) is 5.41 Å². The topological polar surface area (TPSA) is 34.2 Å². The average Bonchev–Trinajstić information content (AvgIpc) is 2.27. The third kappa shape index (κ3) is 5.69. The molecule has 0 radical (unpaired) electrons. The molecule has 0 saturated carbocycles. The second kappa shape index (κ2) is 6.95. The second-order valence-electron chi connectivity index (χ2n) is 5.57. The minimum absolute atomic E-state index is 0.261. The molecular weight excluding hydrogens is 248 g/mol. The summed E-state index contributed by atoms with van der Waals surface area (Å²) in [6.45, 7) is 11.0. The number of nitrogens with one attached hydrogen (secondary N) is 1. The number of aromatic nitrogens is 1. The van der Waals surface area contributed by atoms with Gasteiger partial charge in [-0.05, 0) is 30.0 Å². The Kier molecular flexibility index (Phi) is 5.89. The lowest BCUT2D eigenvalue weighted by Crippen LogP contribution is -2.13. The lowest BCUT2D eigenvalue weighted by Gasteiger charge is -2.18. The fraction of sp³-hybridized carbons (Fsp3) is 0.643. The van der Waals surface area contributed by atoms with Crippen LogP contribution in [0.4, 0.5) is 0 Å². The van der Waals surface area contributed by atoms with Gasteiger partial charge in [-0.2, -0.15) is 0 Å². The Hall–Kier alpha value is -0.800. The Morgan fingerprint density at radius 1 is 1.39 bits per heavy atom. The fourth-order valence-corrected chi connectivity index (χ4v) is 1.63. The van der Waals surface area contributed by atoms with Crippen molar-refractivity contribution in [2.45, 2.75) is 40.7 Å². The smallest absolute Gasteiger partial charge is 0.232 e. The van der Waals surface area contributed by atoms with Crippen molar-refractivity contribution in [1.82, 2.24) is 10.3 Å². The molecule has 0 aliphatic rings. The van der Waals surface area contributed by atoms with Gasteiger partial charge in [0.05, 0.1) is 6.61 Å². The maximum atomic E-state index is 6.14. The molecule has 0 aromatic carbocycles. The van der Waals surface area contributed by atoms with E-state index < -0.39 is 0 Å². The summed E-state index contributed by atoms with van der Waals surface area (Å²) in [6, 6.07) is 1.91. The highest BCUT2D eigenvalue weighted by Crippen LogP contribution is 2.24. The van der Waals surface area contributed by atoms with Gasteiger partial charge in [0.25, 0.3) is 0 Å². The van der Waals surface area contributed by atoms with Gasteiger partial charge in [0.15, 0.2) is 0 Å². The van der Waals surface area contributed by atoms with Crippen LogP contribution in [0.15, 0.2) is 12.3 Å². The third-order valence-corrected chi connectivity index (χ3v) is 2.80. The second-order valence-corrected chi connectivity index (χ2v) is 5.98. The van der Waals surface area contributed by atoms with Gasteiger partial charge in [0.2, 0.25) is 5.88 Å². The molecule has 0 aliphatic carbocycles. The molecule has 3 nitrogen and oxygen atoms in total. The van der Waals surface area contributed by atoms with E-state index in [1.807, 2.05) is 6.07 Å². The van der Waals surface area contributed by atoms with Gasteiger partial charge in [0, 0.05) is 12.7 Å². The van der Waals surface area contributed by atoms with Crippen LogP contribution in [-0.2, 0) is 6.54 Å². The van der Waals surface area contributed by atoms with Gasteiger partial charge in [-0.3, -0.25) is 0 Å². The van der Waals surface area contributed by atoms with Crippen LogP contribution in [0.25, 0.3) is 0 Å². The van der Waals surface area contributed by atoms with Crippen LogP contribution in [0.3, 0.4) is 0 Å². The van der Waals surface area contributed by atoms with Crippen LogP contribution in [-0.4, -0.2) is 18.1 Å². The van der Waals surface area contributed by atoms with E-state index >= 15 is 0 Å². The molecule has 1 rings (SSSR count). The first kappa shape index (κ1) is 15.3. The van der Waals surface area contributed by atoms with Crippen molar-refractivity contribution in [2.75, 3.05) is 13.2 Å². The lowest BCUT2D eigenvalue weighted by atomic mass is 9.93. The summed E-state index contributed by atoms with van der Waals surface area (Å²) >= 11 is 6.14. The minimum atomic E-state index is 0.261. The highest BCUT2D eigenvalue weighted by molar-refractivity contribution is 6.31. The summed E-state index contributed by atoms with van der Waals surface area (Å²) in [6.07, 6.45) is 2.78. The molecule has 1 aromatic rings. The van der Waals surface area contributed by atoms with E-state index in [1.54, 1.807) is 6.20 Å². The predicted molar refractivity (Wildman–Crippen MR) is 76.2 cm³/mol. The van der Waals surface area contributed by atoms with Crippen molar-refractivity contribution >= 4 is 11.6 Å². The number of nitrogens with zero attached hydrogens (tertiary/aromatic N) is 1. The first-order valence-electron chi connectivity index (χ1n) is 6.40. The molecule has 0 aliphatic heterocycles. The SMILES string of the molecule is CCNCc1cnc(OCCC(C)(C)C)c(Cl)c1. The number of rotatable bonds is 6. The van der Waals surface area contributed by atoms with Crippen LogP contribution >= 0.6 is 11.6 Å². The highest BCUT2D eigenvalue weighted by Gasteiger charge is 2.11. The van der Waals surface area contributed by atoms with Gasteiger partial charge in [-0.15, -0.1) is 0 Å². The zero-order valence-corrected chi connectivity index (χ0v) is 12.5. The Morgan fingerprint density at radius 2 is 2.11 bits per heavy atom. The van der Waals surface area contributed by atoms with E-state index in [0.717, 1.165) is 25.1 Å². The molecule has 0 spiro atoms. The van der Waals surface area contributed by atoms with E-state index in [1.165, 1.54) is 0 Å². The molecule has 18 heavy (non-hydrogen) atoms. The molecule has 0 amide bonds. The number of halogens is 1. The third-order valence-electron chi connectivity index (χ3n) is 2.53. The molecule has 1 heterocycles. The minimum Gasteiger partial charge on any atom is -0.477 e. The average molecular weight is 271 g/mol. The summed E-state index contributed by atoms with van der Waals surface area (Å²) in [5.41, 5.74) is 1.34. The van der Waals surface area contributed by atoms with Crippen LogP contribution in [0.1, 0.15) is 39.7 Å². The Morgan fingerprint density at radius 3 is 2.67 bits per heavy atom. The standard InChI is InChI=1S/C14H23ClN2O/c1-5-16-9-11-8-12(15)13(17-10-11)18-7-6-14(2,3)4/h8,10,16H,5-7,9H2,1-4H3. The van der Waals surface area contributed by atoms with Crippen LogP contribution in [0.2, 0.25) is 5.02 Å². The zero-order valence-electron chi connectivity index (χ0n) is 11.7. The molecule has 0 unspecified atom stereocenters. The van der Waals surface area contributed by atoms with Gasteiger partial charge < -0.3 is 10.1 Å². The zero-order chi connectivity index (χ0) is 13.6. The largest absolute Gasteiger partial charge is 0.477 e. The van der Waals surface area contributed by atoms with Crippen LogP contribution in [0.5, 0.6) is 5.88 Å². The molecule has 0 bridgehead atoms. The monoisotopic (exact) mass is 270 g/mol. The number of hydrogen-bond donors (Lipinski definition) is 1. The molecule has 0 fully saturated rings. The van der Waals surface area contributed by atoms with Crippen molar-refractivity contribution in [1.29, 1.82) is 0 Å². The fourth-order valence-electron chi connectivity index (χ4n) is 1.39. The van der Waals surface area contributed by atoms with Crippen molar-refractivity contribution in [3.8, 4) is 5.88 Å². The van der Waals surface area contributed by atoms with E-state index in [-0.39, 0.29) is 5.41 Å². The van der Waals surface area contributed by atoms with E-state index in [0.29, 0.717) is 17.5 Å². The maximum absolute atomic E-state index is 6.14. The molecule has 0 saturated heterocycles. The summed E-state index contributed by atoms with van der Waals surface area (Å²) < 4.78 is 5.61. The molecule has 4 heteroatoms. The van der Waals surface area contributed by atoms with Crippen LogP contribution < -0.4 is 10.1 Å². The molecular formula is C14H23ClN2O. The normalized spacial score (nSPS) is 11.6. The van der Waals surface area contributed by atoms with Crippen LogP contribution in [0, 0.1) is 5.41 Å².